The van der Waals surface area contributed by atoms with Crippen LogP contribution in [0.15, 0.2) is 42.5 Å². The van der Waals surface area contributed by atoms with Crippen LogP contribution >= 0.6 is 12.4 Å². The molecule has 1 atom stereocenters. The van der Waals surface area contributed by atoms with Crippen molar-refractivity contribution in [1.29, 1.82) is 0 Å². The third-order valence-corrected chi connectivity index (χ3v) is 3.01. The fourth-order valence-electron chi connectivity index (χ4n) is 1.95. The summed E-state index contributed by atoms with van der Waals surface area (Å²) in [5.41, 5.74) is 6.99. The normalized spacial score (nSPS) is 12.3. The predicted molar refractivity (Wildman–Crippen MR) is 79.4 cm³/mol. The van der Waals surface area contributed by atoms with E-state index in [1.807, 2.05) is 0 Å². The van der Waals surface area contributed by atoms with E-state index in [0.717, 1.165) is 12.1 Å². The standard InChI is InChI=1S/C15H13F4NO2.ClH/c1-21-13-7-4-10(8-12(13)16)14(20)9-2-5-11(6-3-9)22-15(17,18)19;/h2-8,14H,20H2,1H3;1H/t14-;/m0./s1. The van der Waals surface area contributed by atoms with Crippen molar-refractivity contribution in [2.45, 2.75) is 12.4 Å². The summed E-state index contributed by atoms with van der Waals surface area (Å²) >= 11 is 0. The minimum atomic E-state index is -4.75. The van der Waals surface area contributed by atoms with Gasteiger partial charge in [-0.05, 0) is 35.4 Å². The molecule has 0 aliphatic rings. The van der Waals surface area contributed by atoms with E-state index in [9.17, 15) is 17.6 Å². The van der Waals surface area contributed by atoms with Crippen LogP contribution in [-0.2, 0) is 0 Å². The number of nitrogens with two attached hydrogens (primary N) is 1. The minimum absolute atomic E-state index is 0. The molecule has 3 nitrogen and oxygen atoms in total. The van der Waals surface area contributed by atoms with E-state index in [2.05, 4.69) is 4.74 Å². The molecule has 0 spiro atoms. The van der Waals surface area contributed by atoms with Crippen molar-refractivity contribution in [3.8, 4) is 11.5 Å². The highest BCUT2D eigenvalue weighted by molar-refractivity contribution is 5.85. The van der Waals surface area contributed by atoms with E-state index in [1.165, 1.54) is 31.4 Å². The van der Waals surface area contributed by atoms with Gasteiger partial charge in [-0.1, -0.05) is 18.2 Å². The Morgan fingerprint density at radius 2 is 1.57 bits per heavy atom. The molecule has 0 unspecified atom stereocenters. The van der Waals surface area contributed by atoms with Crippen molar-refractivity contribution in [2.24, 2.45) is 5.73 Å². The second-order valence-corrected chi connectivity index (χ2v) is 4.49. The smallest absolute Gasteiger partial charge is 0.494 e. The van der Waals surface area contributed by atoms with E-state index < -0.39 is 18.2 Å². The molecule has 0 saturated heterocycles. The maximum absolute atomic E-state index is 13.7. The van der Waals surface area contributed by atoms with Gasteiger partial charge in [-0.2, -0.15) is 0 Å². The molecule has 2 rings (SSSR count). The molecule has 0 saturated carbocycles. The molecule has 0 heterocycles. The molecular formula is C15H14ClF4NO2. The van der Waals surface area contributed by atoms with Gasteiger partial charge < -0.3 is 15.2 Å². The molecule has 0 aliphatic carbocycles. The summed E-state index contributed by atoms with van der Waals surface area (Å²) in [6.45, 7) is 0. The van der Waals surface area contributed by atoms with Crippen molar-refractivity contribution in [2.75, 3.05) is 7.11 Å². The lowest BCUT2D eigenvalue weighted by molar-refractivity contribution is -0.274. The number of hydrogen-bond donors (Lipinski definition) is 1. The number of ether oxygens (including phenoxy) is 2. The van der Waals surface area contributed by atoms with Crippen LogP contribution in [0.5, 0.6) is 11.5 Å². The summed E-state index contributed by atoms with van der Waals surface area (Å²) in [7, 11) is 1.34. The third-order valence-electron chi connectivity index (χ3n) is 3.01. The molecule has 0 amide bonds. The number of benzene rings is 2. The molecule has 8 heteroatoms. The zero-order valence-electron chi connectivity index (χ0n) is 11.9. The minimum Gasteiger partial charge on any atom is -0.494 e. The Balaban J connectivity index is 0.00000264. The van der Waals surface area contributed by atoms with Gasteiger partial charge in [-0.3, -0.25) is 0 Å². The Labute approximate surface area is 136 Å². The highest BCUT2D eigenvalue weighted by Gasteiger charge is 2.31. The van der Waals surface area contributed by atoms with Crippen LogP contribution in [0, 0.1) is 5.82 Å². The number of rotatable bonds is 4. The van der Waals surface area contributed by atoms with Crippen LogP contribution in [0.25, 0.3) is 0 Å². The Bertz CT molecular complexity index is 647. The first-order chi connectivity index (χ1) is 10.3. The van der Waals surface area contributed by atoms with Gasteiger partial charge in [0.1, 0.15) is 5.75 Å². The zero-order chi connectivity index (χ0) is 16.3. The molecule has 0 aliphatic heterocycles. The summed E-state index contributed by atoms with van der Waals surface area (Å²) in [6.07, 6.45) is -4.75. The fourth-order valence-corrected chi connectivity index (χ4v) is 1.95. The highest BCUT2D eigenvalue weighted by atomic mass is 35.5. The molecular weight excluding hydrogens is 338 g/mol. The van der Waals surface area contributed by atoms with Crippen LogP contribution < -0.4 is 15.2 Å². The number of halogens is 5. The number of hydrogen-bond acceptors (Lipinski definition) is 3. The van der Waals surface area contributed by atoms with E-state index in [1.54, 1.807) is 6.07 Å². The third kappa shape index (κ3) is 5.01. The lowest BCUT2D eigenvalue weighted by atomic mass is 9.99. The molecule has 23 heavy (non-hydrogen) atoms. The average Bonchev–Trinajstić information content (AvgIpc) is 2.45. The van der Waals surface area contributed by atoms with Crippen molar-refractivity contribution in [3.63, 3.8) is 0 Å². The molecule has 0 fully saturated rings. The van der Waals surface area contributed by atoms with E-state index in [4.69, 9.17) is 10.5 Å². The van der Waals surface area contributed by atoms with E-state index in [-0.39, 0.29) is 23.9 Å². The second-order valence-electron chi connectivity index (χ2n) is 4.49. The van der Waals surface area contributed by atoms with Crippen molar-refractivity contribution in [3.05, 3.63) is 59.4 Å². The van der Waals surface area contributed by atoms with Gasteiger partial charge in [0.15, 0.2) is 11.6 Å². The van der Waals surface area contributed by atoms with Crippen LogP contribution in [-0.4, -0.2) is 13.5 Å². The van der Waals surface area contributed by atoms with Crippen molar-refractivity contribution < 1.29 is 27.0 Å². The average molecular weight is 352 g/mol. The van der Waals surface area contributed by atoms with Gasteiger partial charge >= 0.3 is 6.36 Å². The van der Waals surface area contributed by atoms with Crippen molar-refractivity contribution in [1.82, 2.24) is 0 Å². The molecule has 2 N–H and O–H groups in total. The quantitative estimate of drug-likeness (QED) is 0.839. The molecule has 0 bridgehead atoms. The Hall–Kier alpha value is -1.99. The predicted octanol–water partition coefficient (Wildman–Crippen LogP) is 4.20. The molecule has 2 aromatic carbocycles. The molecule has 0 radical (unpaired) electrons. The van der Waals surface area contributed by atoms with Crippen LogP contribution in [0.1, 0.15) is 17.2 Å². The Morgan fingerprint density at radius 1 is 1.00 bits per heavy atom. The molecule has 126 valence electrons. The second kappa shape index (κ2) is 7.52. The first-order valence-electron chi connectivity index (χ1n) is 6.25. The topological polar surface area (TPSA) is 44.5 Å². The van der Waals surface area contributed by atoms with Crippen LogP contribution in [0.2, 0.25) is 0 Å². The maximum atomic E-state index is 13.7. The van der Waals surface area contributed by atoms with Crippen molar-refractivity contribution >= 4 is 12.4 Å². The lowest BCUT2D eigenvalue weighted by Gasteiger charge is -2.15. The van der Waals surface area contributed by atoms with Gasteiger partial charge in [0.05, 0.1) is 13.2 Å². The van der Waals surface area contributed by atoms with E-state index in [0.29, 0.717) is 11.1 Å². The highest BCUT2D eigenvalue weighted by Crippen LogP contribution is 2.27. The summed E-state index contributed by atoms with van der Waals surface area (Å²) in [6, 6.07) is 8.68. The summed E-state index contributed by atoms with van der Waals surface area (Å²) in [4.78, 5) is 0. The largest absolute Gasteiger partial charge is 0.573 e. The van der Waals surface area contributed by atoms with Gasteiger partial charge in [0, 0.05) is 0 Å². The Kier molecular flexibility index (Phi) is 6.23. The summed E-state index contributed by atoms with van der Waals surface area (Å²) < 4.78 is 58.5. The van der Waals surface area contributed by atoms with Gasteiger partial charge in [0.25, 0.3) is 0 Å². The van der Waals surface area contributed by atoms with Gasteiger partial charge in [0.2, 0.25) is 0 Å². The monoisotopic (exact) mass is 351 g/mol. The molecule has 2 aromatic rings. The molecule has 0 aromatic heterocycles. The first-order valence-corrected chi connectivity index (χ1v) is 6.25. The summed E-state index contributed by atoms with van der Waals surface area (Å²) in [5, 5.41) is 0. The SMILES string of the molecule is COc1ccc([C@@H](N)c2ccc(OC(F)(F)F)cc2)cc1F.Cl. The van der Waals surface area contributed by atoms with E-state index >= 15 is 0 Å². The zero-order valence-corrected chi connectivity index (χ0v) is 12.7. The maximum Gasteiger partial charge on any atom is 0.573 e. The van der Waals surface area contributed by atoms with Crippen LogP contribution in [0.3, 0.4) is 0 Å². The Morgan fingerprint density at radius 3 is 2.04 bits per heavy atom. The van der Waals surface area contributed by atoms with Crippen LogP contribution in [0.4, 0.5) is 17.6 Å². The first kappa shape index (κ1) is 19.1. The lowest BCUT2D eigenvalue weighted by Crippen LogP contribution is -2.17. The number of alkyl halides is 3. The number of methoxy groups -OCH3 is 1. The van der Waals surface area contributed by atoms with Gasteiger partial charge in [-0.15, -0.1) is 25.6 Å². The fraction of sp³-hybridized carbons (Fsp3) is 0.200. The summed E-state index contributed by atoms with van der Waals surface area (Å²) in [5.74, 6) is -0.818. The van der Waals surface area contributed by atoms with Gasteiger partial charge in [-0.25, -0.2) is 4.39 Å².